The number of rotatable bonds is 7. The van der Waals surface area contributed by atoms with Gasteiger partial charge in [0.2, 0.25) is 0 Å². The van der Waals surface area contributed by atoms with Gasteiger partial charge in [0.1, 0.15) is 5.82 Å². The molecular weight excluding hydrogens is 314 g/mol. The van der Waals surface area contributed by atoms with E-state index >= 15 is 0 Å². The van der Waals surface area contributed by atoms with Crippen LogP contribution in [0.1, 0.15) is 33.6 Å². The van der Waals surface area contributed by atoms with Crippen LogP contribution < -0.4 is 27.2 Å². The molecule has 1 aromatic heterocycles. The second-order valence-electron chi connectivity index (χ2n) is 5.36. The van der Waals surface area contributed by atoms with Gasteiger partial charge in [-0.05, 0) is 32.5 Å². The van der Waals surface area contributed by atoms with Gasteiger partial charge in [-0.2, -0.15) is 0 Å². The Balaban J connectivity index is 3.27. The summed E-state index contributed by atoms with van der Waals surface area (Å²) in [5.74, 6) is 0.133. The molecule has 0 unspecified atom stereocenters. The number of nitrogens with one attached hydrogen (secondary N) is 2. The van der Waals surface area contributed by atoms with E-state index < -0.39 is 11.2 Å². The fourth-order valence-corrected chi connectivity index (χ4v) is 2.39. The smallest absolute Gasteiger partial charge is 0.330 e. The highest BCUT2D eigenvalue weighted by Gasteiger charge is 2.20. The fraction of sp³-hybridized carbons (Fsp3) is 0.533. The van der Waals surface area contributed by atoms with E-state index in [2.05, 4.69) is 16.9 Å². The number of hydrogen-bond acceptors (Lipinski definition) is 4. The molecule has 0 fully saturated rings. The van der Waals surface area contributed by atoms with Gasteiger partial charge in [0.25, 0.3) is 5.56 Å². The molecule has 23 heavy (non-hydrogen) atoms. The van der Waals surface area contributed by atoms with E-state index in [0.29, 0.717) is 24.7 Å². The summed E-state index contributed by atoms with van der Waals surface area (Å²) in [4.78, 5) is 28.1. The van der Waals surface area contributed by atoms with Crippen LogP contribution in [0.15, 0.2) is 21.7 Å². The van der Waals surface area contributed by atoms with Gasteiger partial charge >= 0.3 is 5.69 Å². The predicted octanol–water partition coefficient (Wildman–Crippen LogP) is 1.20. The van der Waals surface area contributed by atoms with Crippen LogP contribution in [0, 0.1) is 0 Å². The highest BCUT2D eigenvalue weighted by Crippen LogP contribution is 2.17. The molecule has 7 nitrogen and oxygen atoms in total. The molecule has 0 aliphatic rings. The molecule has 0 spiro atoms. The Bertz CT molecular complexity index is 692. The van der Waals surface area contributed by atoms with E-state index in [1.165, 1.54) is 4.57 Å². The Morgan fingerprint density at radius 3 is 2.61 bits per heavy atom. The first-order valence-corrected chi connectivity index (χ1v) is 8.06. The van der Waals surface area contributed by atoms with E-state index in [9.17, 15) is 9.59 Å². The zero-order valence-electron chi connectivity index (χ0n) is 13.9. The molecule has 8 heteroatoms. The number of hydrogen-bond donors (Lipinski definition) is 3. The second-order valence-corrected chi connectivity index (χ2v) is 5.75. The van der Waals surface area contributed by atoms with Crippen molar-refractivity contribution in [3.63, 3.8) is 0 Å². The van der Waals surface area contributed by atoms with Gasteiger partial charge in [-0.1, -0.05) is 25.5 Å². The van der Waals surface area contributed by atoms with Crippen molar-refractivity contribution in [1.29, 1.82) is 0 Å². The maximum atomic E-state index is 12.2. The first-order valence-electron chi connectivity index (χ1n) is 7.65. The molecule has 0 radical (unpaired) electrons. The van der Waals surface area contributed by atoms with Crippen LogP contribution >= 0.6 is 12.2 Å². The third kappa shape index (κ3) is 4.69. The van der Waals surface area contributed by atoms with Gasteiger partial charge in [0.15, 0.2) is 10.8 Å². The zero-order chi connectivity index (χ0) is 17.6. The summed E-state index contributed by atoms with van der Waals surface area (Å²) in [5.41, 5.74) is 6.17. The van der Waals surface area contributed by atoms with E-state index in [-0.39, 0.29) is 11.5 Å². The van der Waals surface area contributed by atoms with Gasteiger partial charge in [0, 0.05) is 19.6 Å². The third-order valence-corrected chi connectivity index (χ3v) is 3.69. The maximum Gasteiger partial charge on any atom is 0.330 e. The molecule has 0 saturated carbocycles. The Morgan fingerprint density at radius 2 is 2.09 bits per heavy atom. The number of nitrogen functional groups attached to an aromatic ring is 1. The van der Waals surface area contributed by atoms with Gasteiger partial charge in [-0.15, -0.1) is 0 Å². The molecule has 1 aromatic rings. The average Bonchev–Trinajstić information content (AvgIpc) is 2.48. The number of H-pyrrole nitrogens is 1. The van der Waals surface area contributed by atoms with Crippen LogP contribution in [0.4, 0.5) is 11.5 Å². The Hall–Kier alpha value is -2.09. The highest BCUT2D eigenvalue weighted by molar-refractivity contribution is 7.80. The van der Waals surface area contributed by atoms with E-state index in [4.69, 9.17) is 18.0 Å². The summed E-state index contributed by atoms with van der Waals surface area (Å²) in [6, 6.07) is 0. The minimum Gasteiger partial charge on any atom is -0.383 e. The number of aromatic nitrogens is 2. The highest BCUT2D eigenvalue weighted by atomic mass is 32.1. The summed E-state index contributed by atoms with van der Waals surface area (Å²) < 4.78 is 1.38. The SMILES string of the molecule is C=C(C)CNC(=S)N(CC)c1c(N)n(CCCC)c(=O)[nH]c1=O. The van der Waals surface area contributed by atoms with Crippen molar-refractivity contribution >= 4 is 28.8 Å². The molecule has 0 saturated heterocycles. The third-order valence-electron chi connectivity index (χ3n) is 3.32. The first kappa shape index (κ1) is 19.0. The molecule has 0 amide bonds. The maximum absolute atomic E-state index is 12.2. The number of thiocarbonyl (C=S) groups is 1. The zero-order valence-corrected chi connectivity index (χ0v) is 14.8. The summed E-state index contributed by atoms with van der Waals surface area (Å²) in [6.45, 7) is 10.9. The van der Waals surface area contributed by atoms with Crippen molar-refractivity contribution in [1.82, 2.24) is 14.9 Å². The summed E-state index contributed by atoms with van der Waals surface area (Å²) in [6.07, 6.45) is 1.70. The molecule has 128 valence electrons. The normalized spacial score (nSPS) is 10.4. The lowest BCUT2D eigenvalue weighted by Crippen LogP contribution is -2.45. The summed E-state index contributed by atoms with van der Waals surface area (Å²) in [7, 11) is 0. The first-order chi connectivity index (χ1) is 10.8. The van der Waals surface area contributed by atoms with Crippen molar-refractivity contribution in [2.75, 3.05) is 23.7 Å². The van der Waals surface area contributed by atoms with Crippen LogP contribution in [-0.4, -0.2) is 27.8 Å². The second kappa shape index (κ2) is 8.52. The molecule has 4 N–H and O–H groups in total. The van der Waals surface area contributed by atoms with Crippen LogP contribution in [0.25, 0.3) is 0 Å². The van der Waals surface area contributed by atoms with Crippen molar-refractivity contribution in [3.8, 4) is 0 Å². The van der Waals surface area contributed by atoms with Crippen molar-refractivity contribution in [2.45, 2.75) is 40.2 Å². The van der Waals surface area contributed by atoms with Crippen LogP contribution in [0.3, 0.4) is 0 Å². The average molecular weight is 339 g/mol. The largest absolute Gasteiger partial charge is 0.383 e. The monoisotopic (exact) mass is 339 g/mol. The Morgan fingerprint density at radius 1 is 1.43 bits per heavy atom. The Labute approximate surface area is 141 Å². The topological polar surface area (TPSA) is 96.2 Å². The van der Waals surface area contributed by atoms with Crippen LogP contribution in [-0.2, 0) is 6.54 Å². The Kier molecular flexibility index (Phi) is 7.02. The number of nitrogens with two attached hydrogens (primary N) is 1. The fourth-order valence-electron chi connectivity index (χ4n) is 2.10. The van der Waals surface area contributed by atoms with Crippen molar-refractivity contribution in [2.24, 2.45) is 0 Å². The van der Waals surface area contributed by atoms with Gasteiger partial charge in [-0.25, -0.2) is 4.79 Å². The molecule has 0 bridgehead atoms. The number of anilines is 2. The van der Waals surface area contributed by atoms with Crippen LogP contribution in [0.5, 0.6) is 0 Å². The molecular formula is C15H25N5O2S. The predicted molar refractivity (Wildman–Crippen MR) is 99.1 cm³/mol. The lowest BCUT2D eigenvalue weighted by molar-refractivity contribution is 0.604. The summed E-state index contributed by atoms with van der Waals surface area (Å²) >= 11 is 5.34. The molecule has 0 aromatic carbocycles. The van der Waals surface area contributed by atoms with E-state index in [0.717, 1.165) is 18.4 Å². The van der Waals surface area contributed by atoms with Gasteiger partial charge in [0.05, 0.1) is 0 Å². The van der Waals surface area contributed by atoms with Gasteiger partial charge < -0.3 is 16.0 Å². The lowest BCUT2D eigenvalue weighted by atomic mass is 10.3. The molecule has 1 rings (SSSR count). The van der Waals surface area contributed by atoms with Crippen LogP contribution in [0.2, 0.25) is 0 Å². The van der Waals surface area contributed by atoms with E-state index in [1.807, 2.05) is 20.8 Å². The summed E-state index contributed by atoms with van der Waals surface area (Å²) in [5, 5.41) is 3.39. The lowest BCUT2D eigenvalue weighted by Gasteiger charge is -2.25. The van der Waals surface area contributed by atoms with Crippen molar-refractivity contribution < 1.29 is 0 Å². The molecule has 0 aliphatic heterocycles. The van der Waals surface area contributed by atoms with Crippen molar-refractivity contribution in [3.05, 3.63) is 33.0 Å². The van der Waals surface area contributed by atoms with Gasteiger partial charge in [-0.3, -0.25) is 14.3 Å². The standard InChI is InChI=1S/C15H25N5O2S/c1-5-7-8-20-12(16)11(13(21)18-14(20)22)19(6-2)15(23)17-9-10(3)4/h3,5-9,16H2,1-2,4H3,(H,17,23)(H,18,21,22). The molecule has 0 aliphatic carbocycles. The molecule has 0 atom stereocenters. The number of aromatic amines is 1. The minimum absolute atomic E-state index is 0.133. The quantitative estimate of drug-likeness (QED) is 0.510. The number of unbranched alkanes of at least 4 members (excludes halogenated alkanes) is 1. The number of nitrogens with zero attached hydrogens (tertiary/aromatic N) is 2. The van der Waals surface area contributed by atoms with E-state index in [1.54, 1.807) is 4.90 Å². The minimum atomic E-state index is -0.540. The molecule has 1 heterocycles.